The molecule has 128 valence electrons. The molecule has 0 unspecified atom stereocenters. The number of fused-ring (bicyclic) bond motifs is 2. The van der Waals surface area contributed by atoms with Crippen LogP contribution >= 0.6 is 11.8 Å². The van der Waals surface area contributed by atoms with Gasteiger partial charge in [-0.25, -0.2) is 5.43 Å². The molecule has 5 heteroatoms. The number of amides is 1. The number of nitrogens with one attached hydrogen (secondary N) is 2. The lowest BCUT2D eigenvalue weighted by molar-refractivity contribution is 0.0955. The molecule has 0 aliphatic carbocycles. The standard InChI is InChI=1S/C21H17N3OS/c1-14(23-24-21(25)15-7-3-2-4-8-15)16-11-12-20-18(13-16)22-17-9-5-6-10-19(17)26-20/h2-13,22H,1H3,(H,24,25)/b23-14+. The minimum absolute atomic E-state index is 0.217. The lowest BCUT2D eigenvalue weighted by atomic mass is 10.1. The van der Waals surface area contributed by atoms with Crippen molar-refractivity contribution in [2.24, 2.45) is 5.10 Å². The SMILES string of the molecule is C/C(=N\NC(=O)c1ccccc1)c1ccc2c(c1)Nc1ccccc1S2. The third-order valence-corrected chi connectivity index (χ3v) is 5.29. The monoisotopic (exact) mass is 359 g/mol. The molecule has 1 aliphatic heterocycles. The summed E-state index contributed by atoms with van der Waals surface area (Å²) in [6, 6.07) is 23.5. The van der Waals surface area contributed by atoms with E-state index in [0.29, 0.717) is 5.56 Å². The first kappa shape index (κ1) is 16.4. The largest absolute Gasteiger partial charge is 0.354 e. The molecule has 0 radical (unpaired) electrons. The van der Waals surface area contributed by atoms with Gasteiger partial charge in [-0.3, -0.25) is 4.79 Å². The molecule has 0 spiro atoms. The number of hydrazone groups is 1. The Kier molecular flexibility index (Phi) is 4.46. The van der Waals surface area contributed by atoms with Gasteiger partial charge in [-0.15, -0.1) is 0 Å². The van der Waals surface area contributed by atoms with Crippen LogP contribution in [0.15, 0.2) is 87.7 Å². The van der Waals surface area contributed by atoms with E-state index in [1.807, 2.05) is 43.3 Å². The first-order valence-electron chi connectivity index (χ1n) is 8.29. The van der Waals surface area contributed by atoms with Crippen LogP contribution in [0.4, 0.5) is 11.4 Å². The van der Waals surface area contributed by atoms with E-state index < -0.39 is 0 Å². The minimum atomic E-state index is -0.217. The van der Waals surface area contributed by atoms with Gasteiger partial charge in [0.25, 0.3) is 5.91 Å². The zero-order valence-electron chi connectivity index (χ0n) is 14.2. The van der Waals surface area contributed by atoms with Gasteiger partial charge in [0.2, 0.25) is 0 Å². The van der Waals surface area contributed by atoms with Gasteiger partial charge in [-0.2, -0.15) is 5.10 Å². The van der Waals surface area contributed by atoms with Crippen molar-refractivity contribution >= 4 is 34.8 Å². The molecule has 0 saturated heterocycles. The van der Waals surface area contributed by atoms with E-state index in [4.69, 9.17) is 0 Å². The molecule has 26 heavy (non-hydrogen) atoms. The van der Waals surface area contributed by atoms with Gasteiger partial charge >= 0.3 is 0 Å². The van der Waals surface area contributed by atoms with Gasteiger partial charge in [-0.1, -0.05) is 48.2 Å². The van der Waals surface area contributed by atoms with E-state index in [-0.39, 0.29) is 5.91 Å². The van der Waals surface area contributed by atoms with Crippen molar-refractivity contribution < 1.29 is 4.79 Å². The van der Waals surface area contributed by atoms with Gasteiger partial charge in [0.15, 0.2) is 0 Å². The van der Waals surface area contributed by atoms with Crippen molar-refractivity contribution in [3.63, 3.8) is 0 Å². The first-order chi connectivity index (χ1) is 12.7. The van der Waals surface area contributed by atoms with Gasteiger partial charge < -0.3 is 5.32 Å². The summed E-state index contributed by atoms with van der Waals surface area (Å²) in [7, 11) is 0. The Morgan fingerprint density at radius 1 is 0.885 bits per heavy atom. The molecule has 0 bridgehead atoms. The van der Waals surface area contributed by atoms with Crippen molar-refractivity contribution in [1.82, 2.24) is 5.43 Å². The van der Waals surface area contributed by atoms with E-state index in [1.165, 1.54) is 9.79 Å². The van der Waals surface area contributed by atoms with Gasteiger partial charge in [-0.05, 0) is 48.9 Å². The van der Waals surface area contributed by atoms with E-state index >= 15 is 0 Å². The summed E-state index contributed by atoms with van der Waals surface area (Å²) in [5.41, 5.74) is 7.08. The molecule has 1 amide bonds. The Bertz CT molecular complexity index is 999. The average Bonchev–Trinajstić information content (AvgIpc) is 2.70. The fourth-order valence-electron chi connectivity index (χ4n) is 2.72. The van der Waals surface area contributed by atoms with E-state index in [9.17, 15) is 4.79 Å². The third kappa shape index (κ3) is 3.34. The number of hydrogen-bond acceptors (Lipinski definition) is 4. The Morgan fingerprint density at radius 3 is 2.46 bits per heavy atom. The lowest BCUT2D eigenvalue weighted by Gasteiger charge is -2.21. The number of rotatable bonds is 3. The van der Waals surface area contributed by atoms with Crippen molar-refractivity contribution in [1.29, 1.82) is 0 Å². The fourth-order valence-corrected chi connectivity index (χ4v) is 3.69. The highest BCUT2D eigenvalue weighted by molar-refractivity contribution is 7.99. The quantitative estimate of drug-likeness (QED) is 0.398. The highest BCUT2D eigenvalue weighted by atomic mass is 32.2. The van der Waals surface area contributed by atoms with Crippen molar-refractivity contribution in [2.75, 3.05) is 5.32 Å². The smallest absolute Gasteiger partial charge is 0.271 e. The molecule has 1 heterocycles. The molecular weight excluding hydrogens is 342 g/mol. The molecule has 3 aromatic carbocycles. The summed E-state index contributed by atoms with van der Waals surface area (Å²) in [5, 5.41) is 7.71. The molecule has 2 N–H and O–H groups in total. The number of anilines is 2. The zero-order valence-corrected chi connectivity index (χ0v) is 15.0. The first-order valence-corrected chi connectivity index (χ1v) is 9.10. The molecule has 3 aromatic rings. The van der Waals surface area contributed by atoms with Crippen LogP contribution in [-0.4, -0.2) is 11.6 Å². The number of carbonyl (C=O) groups excluding carboxylic acids is 1. The van der Waals surface area contributed by atoms with Gasteiger partial charge in [0.1, 0.15) is 0 Å². The number of para-hydroxylation sites is 1. The second kappa shape index (κ2) is 7.06. The molecule has 4 nitrogen and oxygen atoms in total. The summed E-state index contributed by atoms with van der Waals surface area (Å²) in [4.78, 5) is 14.5. The van der Waals surface area contributed by atoms with Gasteiger partial charge in [0, 0.05) is 15.4 Å². The average molecular weight is 359 g/mol. The summed E-state index contributed by atoms with van der Waals surface area (Å²) >= 11 is 1.75. The molecule has 0 aromatic heterocycles. The van der Waals surface area contributed by atoms with Crippen molar-refractivity contribution in [3.05, 3.63) is 83.9 Å². The molecule has 0 atom stereocenters. The third-order valence-electron chi connectivity index (χ3n) is 4.13. The Hall–Kier alpha value is -3.05. The maximum absolute atomic E-state index is 12.1. The highest BCUT2D eigenvalue weighted by Gasteiger charge is 2.16. The van der Waals surface area contributed by atoms with Crippen LogP contribution in [0.1, 0.15) is 22.8 Å². The predicted octanol–water partition coefficient (Wildman–Crippen LogP) is 5.05. The number of hydrogen-bond donors (Lipinski definition) is 2. The molecular formula is C21H17N3OS. The van der Waals surface area contributed by atoms with Crippen molar-refractivity contribution in [3.8, 4) is 0 Å². The maximum Gasteiger partial charge on any atom is 0.271 e. The maximum atomic E-state index is 12.1. The van der Waals surface area contributed by atoms with E-state index in [1.54, 1.807) is 23.9 Å². The zero-order chi connectivity index (χ0) is 17.9. The topological polar surface area (TPSA) is 53.5 Å². The number of nitrogens with zero attached hydrogens (tertiary/aromatic N) is 1. The molecule has 0 saturated carbocycles. The van der Waals surface area contributed by atoms with Crippen LogP contribution < -0.4 is 10.7 Å². The van der Waals surface area contributed by atoms with Crippen molar-refractivity contribution in [2.45, 2.75) is 16.7 Å². The van der Waals surface area contributed by atoms with E-state index in [2.05, 4.69) is 40.1 Å². The van der Waals surface area contributed by atoms with Crippen LogP contribution in [0.5, 0.6) is 0 Å². The lowest BCUT2D eigenvalue weighted by Crippen LogP contribution is -2.19. The Labute approximate surface area is 156 Å². The predicted molar refractivity (Wildman–Crippen MR) is 106 cm³/mol. The number of carbonyl (C=O) groups is 1. The second-order valence-corrected chi connectivity index (χ2v) is 7.02. The van der Waals surface area contributed by atoms with Crippen LogP contribution in [0.3, 0.4) is 0 Å². The van der Waals surface area contributed by atoms with E-state index in [0.717, 1.165) is 22.6 Å². The fraction of sp³-hybridized carbons (Fsp3) is 0.0476. The molecule has 0 fully saturated rings. The summed E-state index contributed by atoms with van der Waals surface area (Å²) in [5.74, 6) is -0.217. The summed E-state index contributed by atoms with van der Waals surface area (Å²) < 4.78 is 0. The highest BCUT2D eigenvalue weighted by Crippen LogP contribution is 2.44. The molecule has 1 aliphatic rings. The Balaban J connectivity index is 1.53. The molecule has 4 rings (SSSR count). The summed E-state index contributed by atoms with van der Waals surface area (Å²) in [6.45, 7) is 1.89. The second-order valence-electron chi connectivity index (χ2n) is 5.94. The van der Waals surface area contributed by atoms with Gasteiger partial charge in [0.05, 0.1) is 17.1 Å². The van der Waals surface area contributed by atoms with Crippen LogP contribution in [-0.2, 0) is 0 Å². The van der Waals surface area contributed by atoms with Crippen LogP contribution in [0.2, 0.25) is 0 Å². The minimum Gasteiger partial charge on any atom is -0.354 e. The Morgan fingerprint density at radius 2 is 1.62 bits per heavy atom. The van der Waals surface area contributed by atoms with Crippen LogP contribution in [0, 0.1) is 0 Å². The summed E-state index contributed by atoms with van der Waals surface area (Å²) in [6.07, 6.45) is 0. The normalized spacial score (nSPS) is 12.6. The van der Waals surface area contributed by atoms with Crippen LogP contribution in [0.25, 0.3) is 0 Å². The number of benzene rings is 3.